The molecule has 0 unspecified atom stereocenters. The summed E-state index contributed by atoms with van der Waals surface area (Å²) in [6.45, 7) is 5.53. The zero-order valence-corrected chi connectivity index (χ0v) is 11.6. The van der Waals surface area contributed by atoms with Gasteiger partial charge in [0, 0.05) is 20.1 Å². The van der Waals surface area contributed by atoms with Gasteiger partial charge in [-0.15, -0.1) is 0 Å². The number of likely N-dealkylation sites (N-methyl/N-ethyl adjacent to an activating group) is 2. The predicted molar refractivity (Wildman–Crippen MR) is 73.0 cm³/mol. The van der Waals surface area contributed by atoms with Crippen LogP contribution in [0.2, 0.25) is 0 Å². The van der Waals surface area contributed by atoms with Gasteiger partial charge in [0.25, 0.3) is 5.91 Å². The third kappa shape index (κ3) is 4.04. The maximum absolute atomic E-state index is 11.8. The van der Waals surface area contributed by atoms with Crippen molar-refractivity contribution in [2.75, 3.05) is 33.8 Å². The molecule has 4 heteroatoms. The Balaban J connectivity index is 2.52. The number of aryl methyl sites for hydroxylation is 2. The largest absolute Gasteiger partial charge is 0.483 e. The molecule has 0 fully saturated rings. The molecule has 0 heterocycles. The third-order valence-electron chi connectivity index (χ3n) is 2.87. The van der Waals surface area contributed by atoms with Gasteiger partial charge in [-0.1, -0.05) is 18.2 Å². The van der Waals surface area contributed by atoms with E-state index in [4.69, 9.17) is 4.74 Å². The van der Waals surface area contributed by atoms with Crippen LogP contribution in [-0.2, 0) is 4.79 Å². The number of nitrogens with one attached hydrogen (secondary N) is 1. The van der Waals surface area contributed by atoms with Crippen molar-refractivity contribution in [2.24, 2.45) is 0 Å². The fourth-order valence-corrected chi connectivity index (χ4v) is 1.68. The Morgan fingerprint density at radius 1 is 1.33 bits per heavy atom. The average Bonchev–Trinajstić information content (AvgIpc) is 2.35. The van der Waals surface area contributed by atoms with E-state index in [0.717, 1.165) is 23.4 Å². The Morgan fingerprint density at radius 3 is 2.50 bits per heavy atom. The SMILES string of the molecule is CNCCN(C)C(=O)COc1c(C)cccc1C. The molecular formula is C14H22N2O2. The Morgan fingerprint density at radius 2 is 1.94 bits per heavy atom. The number of amides is 1. The first kappa shape index (κ1) is 14.5. The van der Waals surface area contributed by atoms with Crippen LogP contribution in [0.15, 0.2) is 18.2 Å². The van der Waals surface area contributed by atoms with Crippen molar-refractivity contribution in [3.05, 3.63) is 29.3 Å². The van der Waals surface area contributed by atoms with Crippen LogP contribution in [-0.4, -0.2) is 44.6 Å². The van der Waals surface area contributed by atoms with E-state index in [1.54, 1.807) is 11.9 Å². The molecule has 1 aromatic rings. The minimum Gasteiger partial charge on any atom is -0.483 e. The molecule has 100 valence electrons. The number of carbonyl (C=O) groups excluding carboxylic acids is 1. The number of para-hydroxylation sites is 1. The second-order valence-electron chi connectivity index (χ2n) is 4.43. The van der Waals surface area contributed by atoms with Crippen molar-refractivity contribution < 1.29 is 9.53 Å². The first-order valence-electron chi connectivity index (χ1n) is 6.14. The Labute approximate surface area is 109 Å². The average molecular weight is 250 g/mol. The van der Waals surface area contributed by atoms with Crippen LogP contribution in [0.1, 0.15) is 11.1 Å². The van der Waals surface area contributed by atoms with Crippen LogP contribution in [0.4, 0.5) is 0 Å². The molecule has 0 aliphatic carbocycles. The third-order valence-corrected chi connectivity index (χ3v) is 2.87. The standard InChI is InChI=1S/C14H22N2O2/c1-11-6-5-7-12(2)14(11)18-10-13(17)16(4)9-8-15-3/h5-7,15H,8-10H2,1-4H3. The molecular weight excluding hydrogens is 228 g/mol. The molecule has 0 spiro atoms. The Kier molecular flexibility index (Phi) is 5.65. The van der Waals surface area contributed by atoms with E-state index >= 15 is 0 Å². The minimum atomic E-state index is -0.00657. The van der Waals surface area contributed by atoms with Gasteiger partial charge in [-0.2, -0.15) is 0 Å². The van der Waals surface area contributed by atoms with Crippen molar-refractivity contribution in [3.63, 3.8) is 0 Å². The predicted octanol–water partition coefficient (Wildman–Crippen LogP) is 1.36. The molecule has 0 aromatic heterocycles. The quantitative estimate of drug-likeness (QED) is 0.829. The lowest BCUT2D eigenvalue weighted by molar-refractivity contribution is -0.132. The second-order valence-corrected chi connectivity index (χ2v) is 4.43. The molecule has 0 atom stereocenters. The molecule has 0 bridgehead atoms. The normalized spacial score (nSPS) is 10.2. The van der Waals surface area contributed by atoms with Gasteiger partial charge in [0.1, 0.15) is 5.75 Å². The van der Waals surface area contributed by atoms with Crippen molar-refractivity contribution in [3.8, 4) is 5.75 Å². The van der Waals surface area contributed by atoms with E-state index < -0.39 is 0 Å². The van der Waals surface area contributed by atoms with Gasteiger partial charge >= 0.3 is 0 Å². The van der Waals surface area contributed by atoms with Gasteiger partial charge in [-0.05, 0) is 32.0 Å². The molecule has 1 rings (SSSR count). The molecule has 4 nitrogen and oxygen atoms in total. The highest BCUT2D eigenvalue weighted by atomic mass is 16.5. The van der Waals surface area contributed by atoms with Crippen molar-refractivity contribution >= 4 is 5.91 Å². The summed E-state index contributed by atoms with van der Waals surface area (Å²) < 4.78 is 5.62. The van der Waals surface area contributed by atoms with Crippen molar-refractivity contribution in [1.29, 1.82) is 0 Å². The summed E-state index contributed by atoms with van der Waals surface area (Å²) in [4.78, 5) is 13.5. The smallest absolute Gasteiger partial charge is 0.260 e. The first-order chi connectivity index (χ1) is 8.56. The number of rotatable bonds is 6. The highest BCUT2D eigenvalue weighted by molar-refractivity contribution is 5.77. The molecule has 0 aliphatic rings. The van der Waals surface area contributed by atoms with Gasteiger partial charge in [0.15, 0.2) is 6.61 Å². The van der Waals surface area contributed by atoms with Crippen LogP contribution in [0.5, 0.6) is 5.75 Å². The zero-order valence-electron chi connectivity index (χ0n) is 11.6. The lowest BCUT2D eigenvalue weighted by Gasteiger charge is -2.18. The fourth-order valence-electron chi connectivity index (χ4n) is 1.68. The summed E-state index contributed by atoms with van der Waals surface area (Å²) in [7, 11) is 3.65. The maximum Gasteiger partial charge on any atom is 0.260 e. The summed E-state index contributed by atoms with van der Waals surface area (Å²) in [5.74, 6) is 0.806. The van der Waals surface area contributed by atoms with Gasteiger partial charge in [-0.25, -0.2) is 0 Å². The van der Waals surface area contributed by atoms with Crippen molar-refractivity contribution in [2.45, 2.75) is 13.8 Å². The van der Waals surface area contributed by atoms with Crippen LogP contribution >= 0.6 is 0 Å². The summed E-state index contributed by atoms with van der Waals surface area (Å²) in [6.07, 6.45) is 0. The number of hydrogen-bond donors (Lipinski definition) is 1. The highest BCUT2D eigenvalue weighted by Gasteiger charge is 2.10. The van der Waals surface area contributed by atoms with E-state index in [0.29, 0.717) is 6.54 Å². The van der Waals surface area contributed by atoms with E-state index in [-0.39, 0.29) is 12.5 Å². The van der Waals surface area contributed by atoms with E-state index in [1.807, 2.05) is 39.1 Å². The number of ether oxygens (including phenoxy) is 1. The number of carbonyl (C=O) groups is 1. The molecule has 18 heavy (non-hydrogen) atoms. The summed E-state index contributed by atoms with van der Waals surface area (Å²) in [6, 6.07) is 5.95. The Hall–Kier alpha value is -1.55. The molecule has 1 N–H and O–H groups in total. The summed E-state index contributed by atoms with van der Waals surface area (Å²) in [5, 5.41) is 3.01. The van der Waals surface area contributed by atoms with Gasteiger partial charge in [0.05, 0.1) is 0 Å². The Bertz CT molecular complexity index is 385. The van der Waals surface area contributed by atoms with Gasteiger partial charge in [-0.3, -0.25) is 4.79 Å². The second kappa shape index (κ2) is 7.01. The number of benzene rings is 1. The summed E-state index contributed by atoms with van der Waals surface area (Å²) >= 11 is 0. The number of nitrogens with zero attached hydrogens (tertiary/aromatic N) is 1. The fraction of sp³-hybridized carbons (Fsp3) is 0.500. The molecule has 0 aliphatic heterocycles. The van der Waals surface area contributed by atoms with E-state index in [1.165, 1.54) is 0 Å². The number of hydrogen-bond acceptors (Lipinski definition) is 3. The molecule has 0 saturated heterocycles. The molecule has 1 aromatic carbocycles. The monoisotopic (exact) mass is 250 g/mol. The topological polar surface area (TPSA) is 41.6 Å². The van der Waals surface area contributed by atoms with E-state index in [9.17, 15) is 4.79 Å². The molecule has 0 saturated carbocycles. The lowest BCUT2D eigenvalue weighted by Crippen LogP contribution is -2.36. The van der Waals surface area contributed by atoms with Crippen molar-refractivity contribution in [1.82, 2.24) is 10.2 Å². The zero-order chi connectivity index (χ0) is 13.5. The van der Waals surface area contributed by atoms with Crippen LogP contribution in [0, 0.1) is 13.8 Å². The maximum atomic E-state index is 11.8. The lowest BCUT2D eigenvalue weighted by atomic mass is 10.1. The van der Waals surface area contributed by atoms with Crippen LogP contribution in [0.25, 0.3) is 0 Å². The first-order valence-corrected chi connectivity index (χ1v) is 6.14. The highest BCUT2D eigenvalue weighted by Crippen LogP contribution is 2.22. The van der Waals surface area contributed by atoms with E-state index in [2.05, 4.69) is 5.32 Å². The van der Waals surface area contributed by atoms with Gasteiger partial charge in [0.2, 0.25) is 0 Å². The van der Waals surface area contributed by atoms with Crippen LogP contribution in [0.3, 0.4) is 0 Å². The molecule has 1 amide bonds. The summed E-state index contributed by atoms with van der Waals surface area (Å²) in [5.41, 5.74) is 2.11. The van der Waals surface area contributed by atoms with Crippen LogP contribution < -0.4 is 10.1 Å². The minimum absolute atomic E-state index is 0.00657. The van der Waals surface area contributed by atoms with Gasteiger partial charge < -0.3 is 15.0 Å². The molecule has 0 radical (unpaired) electrons.